The first-order valence-corrected chi connectivity index (χ1v) is 6.53. The van der Waals surface area contributed by atoms with Gasteiger partial charge in [-0.2, -0.15) is 0 Å². The standard InChI is InChI=1S/C8H9NO3S2/c9-14(11,12)8-4-5-6(10)2-1-3-7(5)13-8/h4H,1-3H2,(H2,9,11,12). The van der Waals surface area contributed by atoms with E-state index in [2.05, 4.69) is 0 Å². The van der Waals surface area contributed by atoms with E-state index >= 15 is 0 Å². The van der Waals surface area contributed by atoms with Gasteiger partial charge in [-0.25, -0.2) is 13.6 Å². The molecular weight excluding hydrogens is 222 g/mol. The number of fused-ring (bicyclic) bond motifs is 1. The van der Waals surface area contributed by atoms with Crippen molar-refractivity contribution < 1.29 is 13.2 Å². The maximum absolute atomic E-state index is 11.4. The third-order valence-corrected chi connectivity index (χ3v) is 4.79. The van der Waals surface area contributed by atoms with Crippen LogP contribution in [0, 0.1) is 0 Å². The third kappa shape index (κ3) is 1.60. The van der Waals surface area contributed by atoms with Crippen LogP contribution in [0.5, 0.6) is 0 Å². The quantitative estimate of drug-likeness (QED) is 0.780. The molecule has 1 aromatic heterocycles. The number of sulfonamides is 1. The van der Waals surface area contributed by atoms with E-state index in [4.69, 9.17) is 5.14 Å². The zero-order valence-corrected chi connectivity index (χ0v) is 8.95. The Bertz CT molecular complexity index is 487. The Kier molecular flexibility index (Phi) is 2.21. The average Bonchev–Trinajstić information content (AvgIpc) is 2.48. The van der Waals surface area contributed by atoms with E-state index < -0.39 is 10.0 Å². The number of nitrogens with two attached hydrogens (primary N) is 1. The molecule has 4 nitrogen and oxygen atoms in total. The summed E-state index contributed by atoms with van der Waals surface area (Å²) < 4.78 is 22.2. The molecule has 0 aromatic carbocycles. The highest BCUT2D eigenvalue weighted by Gasteiger charge is 2.23. The Balaban J connectivity index is 2.56. The first kappa shape index (κ1) is 9.82. The summed E-state index contributed by atoms with van der Waals surface area (Å²) in [6.45, 7) is 0. The van der Waals surface area contributed by atoms with Gasteiger partial charge in [-0.15, -0.1) is 11.3 Å². The number of Topliss-reactive ketones (excluding diaryl/α,β-unsaturated/α-hetero) is 1. The summed E-state index contributed by atoms with van der Waals surface area (Å²) in [4.78, 5) is 12.2. The maximum atomic E-state index is 11.4. The van der Waals surface area contributed by atoms with Crippen molar-refractivity contribution in [2.24, 2.45) is 5.14 Å². The monoisotopic (exact) mass is 231 g/mol. The molecule has 0 spiro atoms. The minimum atomic E-state index is -3.65. The number of carbonyl (C=O) groups excluding carboxylic acids is 1. The normalized spacial score (nSPS) is 16.8. The fourth-order valence-corrected chi connectivity index (χ4v) is 3.51. The van der Waals surface area contributed by atoms with E-state index in [1.54, 1.807) is 0 Å². The van der Waals surface area contributed by atoms with Gasteiger partial charge < -0.3 is 0 Å². The molecule has 6 heteroatoms. The van der Waals surface area contributed by atoms with Gasteiger partial charge in [0.15, 0.2) is 5.78 Å². The van der Waals surface area contributed by atoms with Crippen LogP contribution in [0.25, 0.3) is 0 Å². The van der Waals surface area contributed by atoms with E-state index in [9.17, 15) is 13.2 Å². The number of hydrogen-bond donors (Lipinski definition) is 1. The van der Waals surface area contributed by atoms with E-state index in [1.807, 2.05) is 0 Å². The number of rotatable bonds is 1. The van der Waals surface area contributed by atoms with E-state index in [-0.39, 0.29) is 9.99 Å². The van der Waals surface area contributed by atoms with E-state index in [0.717, 1.165) is 29.1 Å². The molecule has 0 saturated carbocycles. The van der Waals surface area contributed by atoms with Gasteiger partial charge in [0, 0.05) is 16.9 Å². The Hall–Kier alpha value is -0.720. The van der Waals surface area contributed by atoms with E-state index in [0.29, 0.717) is 12.0 Å². The Morgan fingerprint density at radius 1 is 1.36 bits per heavy atom. The Morgan fingerprint density at radius 2 is 2.07 bits per heavy atom. The molecular formula is C8H9NO3S2. The van der Waals surface area contributed by atoms with Gasteiger partial charge in [0.2, 0.25) is 10.0 Å². The molecule has 0 saturated heterocycles. The smallest absolute Gasteiger partial charge is 0.247 e. The van der Waals surface area contributed by atoms with E-state index in [1.165, 1.54) is 6.07 Å². The summed E-state index contributed by atoms with van der Waals surface area (Å²) in [6.07, 6.45) is 2.09. The van der Waals surface area contributed by atoms with Crippen molar-refractivity contribution >= 4 is 27.1 Å². The third-order valence-electron chi connectivity index (χ3n) is 2.17. The van der Waals surface area contributed by atoms with Crippen LogP contribution in [-0.4, -0.2) is 14.2 Å². The summed E-state index contributed by atoms with van der Waals surface area (Å²) in [5, 5.41) is 4.99. The molecule has 0 atom stereocenters. The van der Waals surface area contributed by atoms with Gasteiger partial charge in [-0.1, -0.05) is 0 Å². The predicted octanol–water partition coefficient (Wildman–Crippen LogP) is 0.915. The Morgan fingerprint density at radius 3 is 2.64 bits per heavy atom. The highest BCUT2D eigenvalue weighted by molar-refractivity contribution is 7.91. The van der Waals surface area contributed by atoms with Gasteiger partial charge in [0.05, 0.1) is 0 Å². The topological polar surface area (TPSA) is 77.2 Å². The van der Waals surface area contributed by atoms with Crippen molar-refractivity contribution in [1.29, 1.82) is 0 Å². The lowest BCUT2D eigenvalue weighted by Gasteiger charge is -2.07. The molecule has 2 rings (SSSR count). The van der Waals surface area contributed by atoms with Crippen molar-refractivity contribution in [2.45, 2.75) is 23.5 Å². The van der Waals surface area contributed by atoms with Crippen LogP contribution < -0.4 is 5.14 Å². The lowest BCUT2D eigenvalue weighted by atomic mass is 9.98. The van der Waals surface area contributed by atoms with Gasteiger partial charge in [0.25, 0.3) is 0 Å². The fourth-order valence-electron chi connectivity index (χ4n) is 1.51. The molecule has 0 bridgehead atoms. The first-order chi connectivity index (χ1) is 6.48. The van der Waals surface area contributed by atoms with Crippen molar-refractivity contribution in [1.82, 2.24) is 0 Å². The SMILES string of the molecule is NS(=O)(=O)c1cc2c(s1)CCCC2=O. The zero-order valence-electron chi connectivity index (χ0n) is 7.32. The molecule has 0 unspecified atom stereocenters. The van der Waals surface area contributed by atoms with Crippen LogP contribution in [0.3, 0.4) is 0 Å². The molecule has 2 N–H and O–H groups in total. The fraction of sp³-hybridized carbons (Fsp3) is 0.375. The van der Waals surface area contributed by atoms with Gasteiger partial charge in [0.1, 0.15) is 4.21 Å². The lowest BCUT2D eigenvalue weighted by molar-refractivity contribution is 0.0973. The second kappa shape index (κ2) is 3.15. The maximum Gasteiger partial charge on any atom is 0.247 e. The molecule has 0 fully saturated rings. The van der Waals surface area contributed by atoms with Gasteiger partial charge in [-0.3, -0.25) is 4.79 Å². The second-order valence-electron chi connectivity index (χ2n) is 3.22. The molecule has 1 heterocycles. The molecule has 76 valence electrons. The molecule has 1 aliphatic carbocycles. The number of hydrogen-bond acceptors (Lipinski definition) is 4. The molecule has 0 radical (unpaired) electrons. The van der Waals surface area contributed by atoms with Crippen LogP contribution >= 0.6 is 11.3 Å². The molecule has 0 amide bonds. The van der Waals surface area contributed by atoms with Gasteiger partial charge in [-0.05, 0) is 18.9 Å². The number of ketones is 1. The largest absolute Gasteiger partial charge is 0.294 e. The highest BCUT2D eigenvalue weighted by atomic mass is 32.2. The number of primary sulfonamides is 1. The van der Waals surface area contributed by atoms with Crippen LogP contribution in [0.4, 0.5) is 0 Å². The molecule has 14 heavy (non-hydrogen) atoms. The predicted molar refractivity (Wildman–Crippen MR) is 53.0 cm³/mol. The van der Waals surface area contributed by atoms with Crippen molar-refractivity contribution in [3.63, 3.8) is 0 Å². The molecule has 1 aliphatic rings. The summed E-state index contributed by atoms with van der Waals surface area (Å²) >= 11 is 1.11. The zero-order chi connectivity index (χ0) is 10.3. The summed E-state index contributed by atoms with van der Waals surface area (Å²) in [6, 6.07) is 1.40. The van der Waals surface area contributed by atoms with Crippen molar-refractivity contribution in [3.8, 4) is 0 Å². The van der Waals surface area contributed by atoms with Crippen molar-refractivity contribution in [2.75, 3.05) is 0 Å². The molecule has 0 aliphatic heterocycles. The van der Waals surface area contributed by atoms with Crippen LogP contribution in [0.15, 0.2) is 10.3 Å². The highest BCUT2D eigenvalue weighted by Crippen LogP contribution is 2.31. The van der Waals surface area contributed by atoms with Crippen LogP contribution in [-0.2, 0) is 16.4 Å². The number of aryl methyl sites for hydroxylation is 1. The lowest BCUT2D eigenvalue weighted by Crippen LogP contribution is -2.10. The van der Waals surface area contributed by atoms with Crippen LogP contribution in [0.1, 0.15) is 28.1 Å². The van der Waals surface area contributed by atoms with Gasteiger partial charge >= 0.3 is 0 Å². The second-order valence-corrected chi connectivity index (χ2v) is 6.15. The summed E-state index contributed by atoms with van der Waals surface area (Å²) in [5.41, 5.74) is 0.547. The number of carbonyl (C=O) groups is 1. The number of thiophene rings is 1. The minimum absolute atomic E-state index is 0.0254. The van der Waals surface area contributed by atoms with Crippen LogP contribution in [0.2, 0.25) is 0 Å². The Labute approximate surface area is 85.8 Å². The first-order valence-electron chi connectivity index (χ1n) is 4.17. The summed E-state index contributed by atoms with van der Waals surface area (Å²) in [5.74, 6) is 0.0254. The minimum Gasteiger partial charge on any atom is -0.294 e. The molecule has 1 aromatic rings. The van der Waals surface area contributed by atoms with Crippen molar-refractivity contribution in [3.05, 3.63) is 16.5 Å². The average molecular weight is 231 g/mol. The summed E-state index contributed by atoms with van der Waals surface area (Å²) in [7, 11) is -3.65.